The molecule has 1 heterocycles. The number of ether oxygens (including phenoxy) is 1. The standard InChI is InChI=1S/C33H33NO3P.BrH/c1-33(2,3)37-32(36)25-19-21-26(22-20-25)34-24-23-30(31(34)35)38(27-13-7-4-8-14-27,28-15-9-5-10-16-28)29-17-11-6-12-18-29;/h4-22,30H,23-24H2,1-3H3;1H/q+1;/p-1. The second kappa shape index (κ2) is 11.9. The molecule has 6 heteroatoms. The lowest BCUT2D eigenvalue weighted by Gasteiger charge is -2.32. The van der Waals surface area contributed by atoms with Crippen molar-refractivity contribution in [2.45, 2.75) is 38.5 Å². The predicted molar refractivity (Wildman–Crippen MR) is 158 cm³/mol. The first-order valence-electron chi connectivity index (χ1n) is 13.0. The van der Waals surface area contributed by atoms with Gasteiger partial charge in [0, 0.05) is 18.7 Å². The highest BCUT2D eigenvalue weighted by molar-refractivity contribution is 7.97. The Hall–Kier alpha value is -3.27. The van der Waals surface area contributed by atoms with E-state index in [1.54, 1.807) is 12.1 Å². The molecule has 1 fully saturated rings. The van der Waals surface area contributed by atoms with E-state index >= 15 is 0 Å². The van der Waals surface area contributed by atoms with Gasteiger partial charge >= 0.3 is 5.97 Å². The molecular formula is C33H33BrNO3P. The Balaban J connectivity index is 0.00000353. The quantitative estimate of drug-likeness (QED) is 0.252. The van der Waals surface area contributed by atoms with Gasteiger partial charge in [-0.2, -0.15) is 0 Å². The number of halogens is 1. The van der Waals surface area contributed by atoms with Crippen LogP contribution in [0.2, 0.25) is 0 Å². The van der Waals surface area contributed by atoms with Crippen LogP contribution in [-0.2, 0) is 9.53 Å². The van der Waals surface area contributed by atoms with Gasteiger partial charge in [-0.05, 0) is 81.4 Å². The van der Waals surface area contributed by atoms with Crippen LogP contribution in [-0.4, -0.2) is 29.7 Å². The fourth-order valence-corrected chi connectivity index (χ4v) is 10.2. The Kier molecular flexibility index (Phi) is 8.73. The van der Waals surface area contributed by atoms with Gasteiger partial charge in [0.1, 0.15) is 28.8 Å². The number of rotatable bonds is 6. The van der Waals surface area contributed by atoms with Crippen LogP contribution >= 0.6 is 7.26 Å². The van der Waals surface area contributed by atoms with Crippen LogP contribution in [0.25, 0.3) is 0 Å². The zero-order valence-corrected chi connectivity index (χ0v) is 24.9. The molecule has 1 aliphatic heterocycles. The number of nitrogens with zero attached hydrogens (tertiary/aromatic N) is 1. The van der Waals surface area contributed by atoms with E-state index in [4.69, 9.17) is 4.74 Å². The topological polar surface area (TPSA) is 46.6 Å². The first-order chi connectivity index (χ1) is 18.3. The molecule has 200 valence electrons. The molecule has 0 bridgehead atoms. The van der Waals surface area contributed by atoms with E-state index in [2.05, 4.69) is 72.8 Å². The van der Waals surface area contributed by atoms with Crippen molar-refractivity contribution in [1.29, 1.82) is 0 Å². The second-order valence-corrected chi connectivity index (χ2v) is 14.2. The van der Waals surface area contributed by atoms with Crippen molar-refractivity contribution in [1.82, 2.24) is 0 Å². The van der Waals surface area contributed by atoms with E-state index in [0.29, 0.717) is 12.1 Å². The average Bonchev–Trinajstić information content (AvgIpc) is 3.31. The normalized spacial score (nSPS) is 15.5. The molecule has 4 aromatic rings. The van der Waals surface area contributed by atoms with Gasteiger partial charge in [0.25, 0.3) is 5.91 Å². The Morgan fingerprint density at radius 3 is 1.59 bits per heavy atom. The van der Waals surface area contributed by atoms with Gasteiger partial charge in [0.15, 0.2) is 5.66 Å². The number of amides is 1. The molecular weight excluding hydrogens is 569 g/mol. The molecule has 5 rings (SSSR count). The summed E-state index contributed by atoms with van der Waals surface area (Å²) in [6, 6.07) is 38.8. The first kappa shape index (κ1) is 28.7. The minimum absolute atomic E-state index is 0. The molecule has 0 aromatic heterocycles. The van der Waals surface area contributed by atoms with E-state index in [9.17, 15) is 9.59 Å². The Morgan fingerprint density at radius 2 is 1.18 bits per heavy atom. The first-order valence-corrected chi connectivity index (χ1v) is 14.9. The second-order valence-electron chi connectivity index (χ2n) is 10.6. The third-order valence-electron chi connectivity index (χ3n) is 6.95. The Labute approximate surface area is 242 Å². The zero-order valence-electron chi connectivity index (χ0n) is 22.5. The van der Waals surface area contributed by atoms with Crippen LogP contribution in [0, 0.1) is 0 Å². The number of hydrogen-bond donors (Lipinski definition) is 0. The maximum Gasteiger partial charge on any atom is 0.338 e. The Bertz CT molecular complexity index is 1310. The smallest absolute Gasteiger partial charge is 0.338 e. The van der Waals surface area contributed by atoms with Gasteiger partial charge in [-0.1, -0.05) is 54.6 Å². The molecule has 0 radical (unpaired) electrons. The molecule has 4 nitrogen and oxygen atoms in total. The number of carbonyl (C=O) groups is 2. The van der Waals surface area contributed by atoms with E-state index in [1.165, 1.54) is 15.9 Å². The number of hydrogen-bond acceptors (Lipinski definition) is 3. The largest absolute Gasteiger partial charge is 1.00 e. The van der Waals surface area contributed by atoms with Gasteiger partial charge < -0.3 is 26.6 Å². The molecule has 1 atom stereocenters. The van der Waals surface area contributed by atoms with E-state index < -0.39 is 12.9 Å². The van der Waals surface area contributed by atoms with Crippen LogP contribution in [0.15, 0.2) is 115 Å². The van der Waals surface area contributed by atoms with Crippen molar-refractivity contribution in [3.8, 4) is 0 Å². The van der Waals surface area contributed by atoms with Crippen LogP contribution in [0.3, 0.4) is 0 Å². The summed E-state index contributed by atoms with van der Waals surface area (Å²) in [5.74, 6) is -0.239. The lowest BCUT2D eigenvalue weighted by Crippen LogP contribution is -3.00. The van der Waals surface area contributed by atoms with Crippen LogP contribution < -0.4 is 37.8 Å². The molecule has 0 aliphatic carbocycles. The lowest BCUT2D eigenvalue weighted by molar-refractivity contribution is -0.116. The zero-order chi connectivity index (χ0) is 26.8. The van der Waals surface area contributed by atoms with Gasteiger partial charge in [0.2, 0.25) is 0 Å². The van der Waals surface area contributed by atoms with E-state index in [0.717, 1.165) is 12.1 Å². The van der Waals surface area contributed by atoms with Gasteiger partial charge in [0.05, 0.1) is 5.56 Å². The average molecular weight is 603 g/mol. The maximum atomic E-state index is 14.3. The summed E-state index contributed by atoms with van der Waals surface area (Å²) in [4.78, 5) is 28.7. The summed E-state index contributed by atoms with van der Waals surface area (Å²) in [7, 11) is -2.33. The number of anilines is 1. The van der Waals surface area contributed by atoms with Gasteiger partial charge in [-0.25, -0.2) is 4.79 Å². The molecule has 0 saturated carbocycles. The molecule has 0 N–H and O–H groups in total. The summed E-state index contributed by atoms with van der Waals surface area (Å²) >= 11 is 0. The third kappa shape index (κ3) is 5.71. The predicted octanol–water partition coefficient (Wildman–Crippen LogP) is 2.75. The van der Waals surface area contributed by atoms with Gasteiger partial charge in [-0.3, -0.25) is 4.79 Å². The van der Waals surface area contributed by atoms with Crippen LogP contribution in [0.5, 0.6) is 0 Å². The molecule has 4 aromatic carbocycles. The highest BCUT2D eigenvalue weighted by Gasteiger charge is 2.58. The third-order valence-corrected chi connectivity index (χ3v) is 11.7. The van der Waals surface area contributed by atoms with Crippen molar-refractivity contribution < 1.29 is 31.3 Å². The Morgan fingerprint density at radius 1 is 0.744 bits per heavy atom. The molecule has 1 amide bonds. The summed E-state index contributed by atoms with van der Waals surface area (Å²) in [6.45, 7) is 6.18. The van der Waals surface area contributed by atoms with Crippen LogP contribution in [0.4, 0.5) is 5.69 Å². The molecule has 1 aliphatic rings. The fraction of sp³-hybridized carbons (Fsp3) is 0.212. The number of esters is 1. The highest BCUT2D eigenvalue weighted by Crippen LogP contribution is 2.62. The minimum Gasteiger partial charge on any atom is -1.00 e. The molecule has 1 saturated heterocycles. The minimum atomic E-state index is -2.33. The van der Waals surface area contributed by atoms with Crippen molar-refractivity contribution >= 4 is 40.7 Å². The fourth-order valence-electron chi connectivity index (χ4n) is 5.37. The summed E-state index contributed by atoms with van der Waals surface area (Å²) in [6.07, 6.45) is 0.749. The van der Waals surface area contributed by atoms with Crippen molar-refractivity contribution in [2.75, 3.05) is 11.4 Å². The maximum absolute atomic E-state index is 14.3. The van der Waals surface area contributed by atoms with E-state index in [1.807, 2.05) is 56.0 Å². The SMILES string of the molecule is CC(C)(C)OC(=O)c1ccc(N2CCC([P+](c3ccccc3)(c3ccccc3)c3ccccc3)C2=O)cc1.[Br-]. The van der Waals surface area contributed by atoms with Crippen molar-refractivity contribution in [3.63, 3.8) is 0 Å². The lowest BCUT2D eigenvalue weighted by atomic mass is 10.1. The monoisotopic (exact) mass is 601 g/mol. The highest BCUT2D eigenvalue weighted by atomic mass is 79.9. The summed E-state index contributed by atoms with van der Waals surface area (Å²) in [5, 5.41) is 3.62. The number of carbonyl (C=O) groups excluding carboxylic acids is 2. The summed E-state index contributed by atoms with van der Waals surface area (Å²) < 4.78 is 5.50. The molecule has 39 heavy (non-hydrogen) atoms. The van der Waals surface area contributed by atoms with Crippen LogP contribution in [0.1, 0.15) is 37.6 Å². The number of benzene rings is 4. The summed E-state index contributed by atoms with van der Waals surface area (Å²) in [5.41, 5.74) is 0.525. The molecule has 0 spiro atoms. The van der Waals surface area contributed by atoms with Gasteiger partial charge in [-0.15, -0.1) is 0 Å². The van der Waals surface area contributed by atoms with Crippen molar-refractivity contribution in [2.24, 2.45) is 0 Å². The van der Waals surface area contributed by atoms with E-state index in [-0.39, 0.29) is 34.5 Å². The molecule has 1 unspecified atom stereocenters. The van der Waals surface area contributed by atoms with Crippen molar-refractivity contribution in [3.05, 3.63) is 121 Å².